The molecule has 0 aliphatic heterocycles. The molecule has 1 aliphatic carbocycles. The van der Waals surface area contributed by atoms with Gasteiger partial charge < -0.3 is 9.67 Å². The summed E-state index contributed by atoms with van der Waals surface area (Å²) in [6.45, 7) is 1.70. The molecule has 19 heavy (non-hydrogen) atoms. The summed E-state index contributed by atoms with van der Waals surface area (Å²) in [5, 5.41) is 9.23. The number of hydrogen-bond donors (Lipinski definition) is 1. The number of pyridine rings is 1. The van der Waals surface area contributed by atoms with Crippen LogP contribution in [-0.4, -0.2) is 16.3 Å². The van der Waals surface area contributed by atoms with Crippen LogP contribution in [0.15, 0.2) is 17.1 Å². The van der Waals surface area contributed by atoms with Gasteiger partial charge >= 0.3 is 6.18 Å². The second kappa shape index (κ2) is 4.67. The van der Waals surface area contributed by atoms with Crippen molar-refractivity contribution >= 4 is 0 Å². The standard InChI is InChI=1S/C13H16F3NO2/c1-2-9-5-10(13(14,15)16)6-17(11(9)19)7-12(8-18)3-4-12/h5-6,18H,2-4,7-8H2,1H3. The summed E-state index contributed by atoms with van der Waals surface area (Å²) >= 11 is 0. The largest absolute Gasteiger partial charge is 0.417 e. The van der Waals surface area contributed by atoms with Crippen LogP contribution in [0.25, 0.3) is 0 Å². The molecule has 0 atom stereocenters. The van der Waals surface area contributed by atoms with Crippen LogP contribution in [0.4, 0.5) is 13.2 Å². The van der Waals surface area contributed by atoms with E-state index in [1.54, 1.807) is 6.92 Å². The first-order chi connectivity index (χ1) is 8.81. The lowest BCUT2D eigenvalue weighted by Crippen LogP contribution is -2.30. The Hall–Kier alpha value is -1.30. The summed E-state index contributed by atoms with van der Waals surface area (Å²) in [6.07, 6.45) is -1.86. The molecular weight excluding hydrogens is 259 g/mol. The van der Waals surface area contributed by atoms with Crippen molar-refractivity contribution in [2.75, 3.05) is 6.61 Å². The average molecular weight is 275 g/mol. The predicted molar refractivity (Wildman–Crippen MR) is 63.8 cm³/mol. The van der Waals surface area contributed by atoms with Crippen LogP contribution in [0.5, 0.6) is 0 Å². The molecule has 0 radical (unpaired) electrons. The van der Waals surface area contributed by atoms with Gasteiger partial charge in [-0.15, -0.1) is 0 Å². The average Bonchev–Trinajstić information content (AvgIpc) is 3.11. The normalized spacial score (nSPS) is 17.5. The number of hydrogen-bond acceptors (Lipinski definition) is 2. The monoisotopic (exact) mass is 275 g/mol. The highest BCUT2D eigenvalue weighted by molar-refractivity contribution is 5.22. The van der Waals surface area contributed by atoms with E-state index in [0.717, 1.165) is 29.7 Å². The highest BCUT2D eigenvalue weighted by atomic mass is 19.4. The van der Waals surface area contributed by atoms with Crippen molar-refractivity contribution in [2.24, 2.45) is 5.41 Å². The lowest BCUT2D eigenvalue weighted by atomic mass is 10.1. The van der Waals surface area contributed by atoms with E-state index < -0.39 is 22.7 Å². The van der Waals surface area contributed by atoms with Gasteiger partial charge in [-0.25, -0.2) is 0 Å². The molecule has 106 valence electrons. The van der Waals surface area contributed by atoms with Crippen molar-refractivity contribution < 1.29 is 18.3 Å². The molecule has 0 amide bonds. The van der Waals surface area contributed by atoms with E-state index in [9.17, 15) is 23.1 Å². The van der Waals surface area contributed by atoms with Crippen molar-refractivity contribution in [1.29, 1.82) is 0 Å². The zero-order chi connectivity index (χ0) is 14.3. The van der Waals surface area contributed by atoms with E-state index in [2.05, 4.69) is 0 Å². The minimum Gasteiger partial charge on any atom is -0.396 e. The molecule has 0 spiro atoms. The molecule has 1 aromatic heterocycles. The Morgan fingerprint density at radius 1 is 1.42 bits per heavy atom. The van der Waals surface area contributed by atoms with Gasteiger partial charge in [0.1, 0.15) is 0 Å². The van der Waals surface area contributed by atoms with E-state index in [1.807, 2.05) is 0 Å². The SMILES string of the molecule is CCc1cc(C(F)(F)F)cn(CC2(CO)CC2)c1=O. The number of aromatic nitrogens is 1. The summed E-state index contributed by atoms with van der Waals surface area (Å²) in [5.41, 5.74) is -1.45. The van der Waals surface area contributed by atoms with Gasteiger partial charge in [-0.1, -0.05) is 6.92 Å². The van der Waals surface area contributed by atoms with Crippen LogP contribution < -0.4 is 5.56 Å². The Bertz CT molecular complexity index is 530. The first kappa shape index (κ1) is 14.1. The van der Waals surface area contributed by atoms with E-state index in [-0.39, 0.29) is 25.1 Å². The third kappa shape index (κ3) is 2.83. The maximum absolute atomic E-state index is 12.8. The number of alkyl halides is 3. The van der Waals surface area contributed by atoms with Crippen molar-refractivity contribution in [3.05, 3.63) is 33.7 Å². The molecule has 1 N–H and O–H groups in total. The molecule has 0 bridgehead atoms. The van der Waals surface area contributed by atoms with E-state index >= 15 is 0 Å². The number of nitrogens with zero attached hydrogens (tertiary/aromatic N) is 1. The Balaban J connectivity index is 2.44. The van der Waals surface area contributed by atoms with Crippen LogP contribution in [-0.2, 0) is 19.1 Å². The Kier molecular flexibility index (Phi) is 3.47. The molecule has 0 saturated heterocycles. The Labute approximate surface area is 108 Å². The smallest absolute Gasteiger partial charge is 0.396 e. The fraction of sp³-hybridized carbons (Fsp3) is 0.615. The predicted octanol–water partition coefficient (Wildman–Crippen LogP) is 2.20. The topological polar surface area (TPSA) is 42.2 Å². The third-order valence-corrected chi connectivity index (χ3v) is 3.67. The number of aliphatic hydroxyl groups is 1. The molecule has 2 rings (SSSR count). The molecule has 0 unspecified atom stereocenters. The van der Waals surface area contributed by atoms with Crippen LogP contribution in [0.1, 0.15) is 30.9 Å². The first-order valence-electron chi connectivity index (χ1n) is 6.23. The van der Waals surface area contributed by atoms with Gasteiger partial charge in [0, 0.05) is 23.7 Å². The summed E-state index contributed by atoms with van der Waals surface area (Å²) in [6, 6.07) is 0.914. The zero-order valence-corrected chi connectivity index (χ0v) is 10.6. The Morgan fingerprint density at radius 3 is 2.47 bits per heavy atom. The van der Waals surface area contributed by atoms with Gasteiger partial charge in [0.25, 0.3) is 5.56 Å². The molecule has 0 aromatic carbocycles. The maximum atomic E-state index is 12.8. The molecule has 1 aliphatic rings. The van der Waals surface area contributed by atoms with Gasteiger partial charge in [0.2, 0.25) is 0 Å². The lowest BCUT2D eigenvalue weighted by molar-refractivity contribution is -0.138. The molecule has 1 saturated carbocycles. The van der Waals surface area contributed by atoms with Crippen LogP contribution in [0.2, 0.25) is 0 Å². The van der Waals surface area contributed by atoms with E-state index in [0.29, 0.717) is 0 Å². The molecule has 1 fully saturated rings. The van der Waals surface area contributed by atoms with Crippen LogP contribution >= 0.6 is 0 Å². The van der Waals surface area contributed by atoms with Crippen molar-refractivity contribution in [3.8, 4) is 0 Å². The van der Waals surface area contributed by atoms with Crippen molar-refractivity contribution in [1.82, 2.24) is 4.57 Å². The molecular formula is C13H16F3NO2. The highest BCUT2D eigenvalue weighted by Crippen LogP contribution is 2.46. The highest BCUT2D eigenvalue weighted by Gasteiger charge is 2.43. The van der Waals surface area contributed by atoms with E-state index in [1.165, 1.54) is 0 Å². The summed E-state index contributed by atoms with van der Waals surface area (Å²) in [7, 11) is 0. The molecule has 1 heterocycles. The van der Waals surface area contributed by atoms with Gasteiger partial charge in [-0.05, 0) is 25.3 Å². The second-order valence-electron chi connectivity index (χ2n) is 5.20. The summed E-state index contributed by atoms with van der Waals surface area (Å²) < 4.78 is 39.4. The van der Waals surface area contributed by atoms with Gasteiger partial charge in [0.15, 0.2) is 0 Å². The molecule has 6 heteroatoms. The fourth-order valence-electron chi connectivity index (χ4n) is 2.13. The van der Waals surface area contributed by atoms with Gasteiger partial charge in [0.05, 0.1) is 12.2 Å². The fourth-order valence-corrected chi connectivity index (χ4v) is 2.13. The quantitative estimate of drug-likeness (QED) is 0.915. The van der Waals surface area contributed by atoms with Crippen molar-refractivity contribution in [2.45, 2.75) is 38.9 Å². The van der Waals surface area contributed by atoms with Crippen LogP contribution in [0.3, 0.4) is 0 Å². The van der Waals surface area contributed by atoms with Gasteiger partial charge in [-0.3, -0.25) is 4.79 Å². The molecule has 3 nitrogen and oxygen atoms in total. The molecule has 1 aromatic rings. The summed E-state index contributed by atoms with van der Waals surface area (Å²) in [5.74, 6) is 0. The van der Waals surface area contributed by atoms with Crippen molar-refractivity contribution in [3.63, 3.8) is 0 Å². The lowest BCUT2D eigenvalue weighted by Gasteiger charge is -2.17. The maximum Gasteiger partial charge on any atom is 0.417 e. The minimum absolute atomic E-state index is 0.100. The second-order valence-corrected chi connectivity index (χ2v) is 5.20. The number of halogens is 3. The first-order valence-corrected chi connectivity index (χ1v) is 6.23. The number of rotatable bonds is 4. The zero-order valence-electron chi connectivity index (χ0n) is 10.6. The van der Waals surface area contributed by atoms with Crippen LogP contribution in [0, 0.1) is 5.41 Å². The summed E-state index contributed by atoms with van der Waals surface area (Å²) in [4.78, 5) is 12.0. The third-order valence-electron chi connectivity index (χ3n) is 3.67. The van der Waals surface area contributed by atoms with Gasteiger partial charge in [-0.2, -0.15) is 13.2 Å². The Morgan fingerprint density at radius 2 is 2.05 bits per heavy atom. The number of aryl methyl sites for hydroxylation is 1. The minimum atomic E-state index is -4.46. The van der Waals surface area contributed by atoms with E-state index in [4.69, 9.17) is 0 Å². The number of aliphatic hydroxyl groups excluding tert-OH is 1.